The summed E-state index contributed by atoms with van der Waals surface area (Å²) in [7, 11) is 0. The smallest absolute Gasteiger partial charge is 0.129 e. The summed E-state index contributed by atoms with van der Waals surface area (Å²) in [6, 6.07) is 6.40. The third-order valence-electron chi connectivity index (χ3n) is 3.00. The highest BCUT2D eigenvalue weighted by Gasteiger charge is 2.24. The quantitative estimate of drug-likeness (QED) is 0.875. The number of aromatic nitrogens is 2. The lowest BCUT2D eigenvalue weighted by Crippen LogP contribution is -2.23. The minimum Gasteiger partial charge on any atom is -0.346 e. The Hall–Kier alpha value is -2.30. The molecule has 0 radical (unpaired) electrons. The van der Waals surface area contributed by atoms with Gasteiger partial charge >= 0.3 is 0 Å². The highest BCUT2D eigenvalue weighted by atomic mass is 19.1. The van der Waals surface area contributed by atoms with Crippen molar-refractivity contribution in [2.45, 2.75) is 13.1 Å². The SMILES string of the molecule is N=C1c2cc(F)ccc2CN1Cc1ccncn1. The fourth-order valence-electron chi connectivity index (χ4n) is 2.10. The fraction of sp³-hybridized carbons (Fsp3) is 0.154. The van der Waals surface area contributed by atoms with E-state index in [-0.39, 0.29) is 5.82 Å². The second-order valence-electron chi connectivity index (χ2n) is 4.21. The second kappa shape index (κ2) is 4.18. The van der Waals surface area contributed by atoms with E-state index < -0.39 is 0 Å². The van der Waals surface area contributed by atoms with Gasteiger partial charge < -0.3 is 4.90 Å². The molecule has 0 bridgehead atoms. The maximum absolute atomic E-state index is 13.2. The number of hydrogen-bond acceptors (Lipinski definition) is 3. The molecular formula is C13H11FN4. The van der Waals surface area contributed by atoms with E-state index >= 15 is 0 Å². The predicted molar refractivity (Wildman–Crippen MR) is 64.5 cm³/mol. The van der Waals surface area contributed by atoms with Crippen molar-refractivity contribution in [3.05, 3.63) is 59.4 Å². The van der Waals surface area contributed by atoms with Gasteiger partial charge in [-0.2, -0.15) is 0 Å². The van der Waals surface area contributed by atoms with Crippen molar-refractivity contribution in [2.75, 3.05) is 0 Å². The second-order valence-corrected chi connectivity index (χ2v) is 4.21. The highest BCUT2D eigenvalue weighted by molar-refractivity contribution is 6.00. The zero-order valence-electron chi connectivity index (χ0n) is 9.60. The number of fused-ring (bicyclic) bond motifs is 1. The minimum absolute atomic E-state index is 0.303. The van der Waals surface area contributed by atoms with Gasteiger partial charge in [0.15, 0.2) is 0 Å². The van der Waals surface area contributed by atoms with Gasteiger partial charge in [-0.25, -0.2) is 14.4 Å². The molecule has 1 aromatic carbocycles. The van der Waals surface area contributed by atoms with Gasteiger partial charge in [-0.1, -0.05) is 6.07 Å². The number of halogens is 1. The summed E-state index contributed by atoms with van der Waals surface area (Å²) in [5.74, 6) is 0.0468. The molecule has 0 amide bonds. The topological polar surface area (TPSA) is 52.9 Å². The largest absolute Gasteiger partial charge is 0.346 e. The number of nitrogens with zero attached hydrogens (tertiary/aromatic N) is 3. The van der Waals surface area contributed by atoms with Gasteiger partial charge in [0.1, 0.15) is 18.0 Å². The van der Waals surface area contributed by atoms with Crippen LogP contribution in [-0.2, 0) is 13.1 Å². The molecular weight excluding hydrogens is 231 g/mol. The van der Waals surface area contributed by atoms with Gasteiger partial charge in [0.2, 0.25) is 0 Å². The molecule has 0 aliphatic carbocycles. The molecule has 0 atom stereocenters. The summed E-state index contributed by atoms with van der Waals surface area (Å²) in [4.78, 5) is 9.86. The summed E-state index contributed by atoms with van der Waals surface area (Å²) < 4.78 is 13.2. The Kier molecular flexibility index (Phi) is 2.51. The van der Waals surface area contributed by atoms with Crippen molar-refractivity contribution >= 4 is 5.84 Å². The van der Waals surface area contributed by atoms with Gasteiger partial charge in [0, 0.05) is 18.3 Å². The van der Waals surface area contributed by atoms with Crippen LogP contribution in [0.15, 0.2) is 36.8 Å². The Morgan fingerprint density at radius 2 is 2.22 bits per heavy atom. The first-order chi connectivity index (χ1) is 8.74. The zero-order valence-corrected chi connectivity index (χ0v) is 9.60. The van der Waals surface area contributed by atoms with Crippen LogP contribution in [0.5, 0.6) is 0 Å². The summed E-state index contributed by atoms with van der Waals surface area (Å²) >= 11 is 0. The predicted octanol–water partition coefficient (Wildman–Crippen LogP) is 1.96. The first kappa shape index (κ1) is 10.8. The van der Waals surface area contributed by atoms with E-state index in [4.69, 9.17) is 5.41 Å². The lowest BCUT2D eigenvalue weighted by Gasteiger charge is -2.16. The Labute approximate surface area is 104 Å². The van der Waals surface area contributed by atoms with Crippen LogP contribution in [0.1, 0.15) is 16.8 Å². The van der Waals surface area contributed by atoms with E-state index in [0.717, 1.165) is 11.3 Å². The average Bonchev–Trinajstić information content (AvgIpc) is 2.68. The fourth-order valence-corrected chi connectivity index (χ4v) is 2.10. The molecule has 0 spiro atoms. The van der Waals surface area contributed by atoms with Crippen LogP contribution in [0.25, 0.3) is 0 Å². The highest BCUT2D eigenvalue weighted by Crippen LogP contribution is 2.24. The van der Waals surface area contributed by atoms with Crippen LogP contribution < -0.4 is 0 Å². The maximum atomic E-state index is 13.2. The number of nitrogens with one attached hydrogen (secondary N) is 1. The van der Waals surface area contributed by atoms with E-state index in [9.17, 15) is 4.39 Å². The molecule has 5 heteroatoms. The monoisotopic (exact) mass is 242 g/mol. The summed E-state index contributed by atoms with van der Waals surface area (Å²) in [5, 5.41) is 8.05. The molecule has 1 N–H and O–H groups in total. The molecule has 18 heavy (non-hydrogen) atoms. The molecule has 1 aliphatic rings. The summed E-state index contributed by atoms with van der Waals surface area (Å²) in [6.45, 7) is 1.16. The first-order valence-electron chi connectivity index (χ1n) is 5.61. The third-order valence-corrected chi connectivity index (χ3v) is 3.00. The molecule has 3 rings (SSSR count). The number of hydrogen-bond donors (Lipinski definition) is 1. The minimum atomic E-state index is -0.303. The van der Waals surface area contributed by atoms with Crippen molar-refractivity contribution in [1.82, 2.24) is 14.9 Å². The van der Waals surface area contributed by atoms with E-state index in [1.165, 1.54) is 18.5 Å². The van der Waals surface area contributed by atoms with Crippen LogP contribution in [0, 0.1) is 11.2 Å². The van der Waals surface area contributed by atoms with Crippen molar-refractivity contribution in [2.24, 2.45) is 0 Å². The van der Waals surface area contributed by atoms with Gasteiger partial charge in [0.05, 0.1) is 12.2 Å². The third kappa shape index (κ3) is 1.84. The Morgan fingerprint density at radius 3 is 3.00 bits per heavy atom. The van der Waals surface area contributed by atoms with E-state index in [2.05, 4.69) is 9.97 Å². The van der Waals surface area contributed by atoms with E-state index in [0.29, 0.717) is 24.5 Å². The first-order valence-corrected chi connectivity index (χ1v) is 5.61. The molecule has 0 saturated carbocycles. The van der Waals surface area contributed by atoms with Gasteiger partial charge in [-0.05, 0) is 23.8 Å². The molecule has 1 aliphatic heterocycles. The lowest BCUT2D eigenvalue weighted by atomic mass is 10.1. The Morgan fingerprint density at radius 1 is 1.33 bits per heavy atom. The maximum Gasteiger partial charge on any atom is 0.129 e. The van der Waals surface area contributed by atoms with Crippen LogP contribution >= 0.6 is 0 Å². The normalized spacial score (nSPS) is 13.8. The van der Waals surface area contributed by atoms with Crippen molar-refractivity contribution in [3.8, 4) is 0 Å². The van der Waals surface area contributed by atoms with Gasteiger partial charge in [-0.3, -0.25) is 5.41 Å². The summed E-state index contributed by atoms with van der Waals surface area (Å²) in [5.41, 5.74) is 2.50. The number of rotatable bonds is 2. The van der Waals surface area contributed by atoms with Crippen molar-refractivity contribution in [1.29, 1.82) is 5.41 Å². The number of benzene rings is 1. The van der Waals surface area contributed by atoms with Crippen LogP contribution in [0.4, 0.5) is 4.39 Å². The lowest BCUT2D eigenvalue weighted by molar-refractivity contribution is 0.416. The average molecular weight is 242 g/mol. The van der Waals surface area contributed by atoms with Crippen LogP contribution in [-0.4, -0.2) is 20.7 Å². The van der Waals surface area contributed by atoms with Crippen LogP contribution in [0.2, 0.25) is 0 Å². The Bertz CT molecular complexity index is 597. The zero-order chi connectivity index (χ0) is 12.5. The van der Waals surface area contributed by atoms with Crippen molar-refractivity contribution in [3.63, 3.8) is 0 Å². The molecule has 4 nitrogen and oxygen atoms in total. The molecule has 0 unspecified atom stereocenters. The molecule has 2 aromatic rings. The van der Waals surface area contributed by atoms with E-state index in [1.54, 1.807) is 12.3 Å². The van der Waals surface area contributed by atoms with Gasteiger partial charge in [0.25, 0.3) is 0 Å². The molecule has 1 aromatic heterocycles. The molecule has 0 fully saturated rings. The van der Waals surface area contributed by atoms with Gasteiger partial charge in [-0.15, -0.1) is 0 Å². The number of amidine groups is 1. The molecule has 2 heterocycles. The Balaban J connectivity index is 1.85. The van der Waals surface area contributed by atoms with Crippen LogP contribution in [0.3, 0.4) is 0 Å². The summed E-state index contributed by atoms with van der Waals surface area (Å²) in [6.07, 6.45) is 3.16. The molecule has 0 saturated heterocycles. The van der Waals surface area contributed by atoms with Crippen molar-refractivity contribution < 1.29 is 4.39 Å². The van der Waals surface area contributed by atoms with E-state index in [1.807, 2.05) is 11.0 Å². The molecule has 90 valence electrons. The standard InChI is InChI=1S/C13H11FN4/c14-10-2-1-9-6-18(13(15)12(9)5-10)7-11-3-4-16-8-17-11/h1-5,8,15H,6-7H2.